The van der Waals surface area contributed by atoms with Gasteiger partial charge in [0.2, 0.25) is 0 Å². The Morgan fingerprint density at radius 2 is 2.17 bits per heavy atom. The molecule has 2 aromatic heterocycles. The molecule has 30 heavy (non-hydrogen) atoms. The quantitative estimate of drug-likeness (QED) is 0.689. The van der Waals surface area contributed by atoms with Crippen LogP contribution in [-0.2, 0) is 40.1 Å². The van der Waals surface area contributed by atoms with Crippen molar-refractivity contribution in [3.8, 4) is 0 Å². The van der Waals surface area contributed by atoms with E-state index >= 15 is 0 Å². The minimum atomic E-state index is -0.325. The number of rotatable bonds is 6. The maximum absolute atomic E-state index is 12.8. The van der Waals surface area contributed by atoms with Crippen LogP contribution in [0.25, 0.3) is 0 Å². The van der Waals surface area contributed by atoms with E-state index in [1.54, 1.807) is 0 Å². The second kappa shape index (κ2) is 8.59. The maximum atomic E-state index is 12.8. The van der Waals surface area contributed by atoms with Crippen LogP contribution in [0.5, 0.6) is 0 Å². The average molecular weight is 415 g/mol. The van der Waals surface area contributed by atoms with Crippen LogP contribution in [0.1, 0.15) is 52.9 Å². The van der Waals surface area contributed by atoms with Crippen molar-refractivity contribution in [1.29, 1.82) is 0 Å². The number of hydrogen-bond acceptors (Lipinski definition) is 6. The molecule has 0 radical (unpaired) electrons. The Morgan fingerprint density at radius 1 is 1.37 bits per heavy atom. The summed E-state index contributed by atoms with van der Waals surface area (Å²) < 4.78 is 12.8. The lowest BCUT2D eigenvalue weighted by Gasteiger charge is -2.36. The van der Waals surface area contributed by atoms with Crippen molar-refractivity contribution in [3.63, 3.8) is 0 Å². The van der Waals surface area contributed by atoms with E-state index in [1.807, 2.05) is 24.6 Å². The van der Waals surface area contributed by atoms with E-state index in [0.717, 1.165) is 36.3 Å². The smallest absolute Gasteiger partial charge is 0.312 e. The maximum Gasteiger partial charge on any atom is 0.312 e. The SMILES string of the molecule is CCc1nn(CCOC(=O)Cc2cc(C)[nH]n2)c2c1C(=O)NCC1(CCOCC1)C2. The Labute approximate surface area is 175 Å². The summed E-state index contributed by atoms with van der Waals surface area (Å²) in [4.78, 5) is 24.9. The van der Waals surface area contributed by atoms with Crippen molar-refractivity contribution in [2.24, 2.45) is 5.41 Å². The molecule has 2 aliphatic rings. The van der Waals surface area contributed by atoms with E-state index in [2.05, 4.69) is 20.6 Å². The number of aryl methyl sites for hydroxylation is 2. The summed E-state index contributed by atoms with van der Waals surface area (Å²) in [7, 11) is 0. The fraction of sp³-hybridized carbons (Fsp3) is 0.619. The van der Waals surface area contributed by atoms with Gasteiger partial charge in [-0.1, -0.05) is 6.92 Å². The Bertz CT molecular complexity index is 926. The van der Waals surface area contributed by atoms with Gasteiger partial charge < -0.3 is 14.8 Å². The highest BCUT2D eigenvalue weighted by molar-refractivity contribution is 5.97. The highest BCUT2D eigenvalue weighted by atomic mass is 16.5. The van der Waals surface area contributed by atoms with E-state index in [9.17, 15) is 9.59 Å². The number of carbonyl (C=O) groups excluding carboxylic acids is 2. The summed E-state index contributed by atoms with van der Waals surface area (Å²) in [6.45, 7) is 6.60. The summed E-state index contributed by atoms with van der Waals surface area (Å²) in [6.07, 6.45) is 3.41. The molecular formula is C21H29N5O4. The molecule has 2 aliphatic heterocycles. The monoisotopic (exact) mass is 415 g/mol. The summed E-state index contributed by atoms with van der Waals surface area (Å²) in [6, 6.07) is 1.83. The van der Waals surface area contributed by atoms with E-state index in [0.29, 0.717) is 44.0 Å². The predicted octanol–water partition coefficient (Wildman–Crippen LogP) is 1.35. The van der Waals surface area contributed by atoms with Crippen molar-refractivity contribution in [2.75, 3.05) is 26.4 Å². The van der Waals surface area contributed by atoms with E-state index in [1.165, 1.54) is 0 Å². The first-order chi connectivity index (χ1) is 14.5. The highest BCUT2D eigenvalue weighted by Gasteiger charge is 2.39. The van der Waals surface area contributed by atoms with Gasteiger partial charge in [0.15, 0.2) is 0 Å². The molecule has 2 N–H and O–H groups in total. The standard InChI is InChI=1S/C21H29N5O4/c1-3-16-19-17(12-21(13-22-20(19)28)4-7-29-8-5-21)26(25-16)6-9-30-18(27)11-15-10-14(2)23-24-15/h10H,3-9,11-13H2,1-2H3,(H,22,28)(H,23,24). The van der Waals surface area contributed by atoms with Crippen LogP contribution >= 0.6 is 0 Å². The number of fused-ring (bicyclic) bond motifs is 1. The molecule has 1 fully saturated rings. The average Bonchev–Trinajstić information content (AvgIpc) is 3.26. The molecule has 1 saturated heterocycles. The molecule has 0 unspecified atom stereocenters. The number of hydrogen-bond donors (Lipinski definition) is 2. The zero-order valence-electron chi connectivity index (χ0n) is 17.6. The van der Waals surface area contributed by atoms with Gasteiger partial charge in [0.1, 0.15) is 6.61 Å². The van der Waals surface area contributed by atoms with Gasteiger partial charge in [-0.2, -0.15) is 10.2 Å². The molecule has 162 valence electrons. The van der Waals surface area contributed by atoms with Crippen molar-refractivity contribution in [2.45, 2.75) is 52.5 Å². The molecule has 0 saturated carbocycles. The van der Waals surface area contributed by atoms with Crippen molar-refractivity contribution in [1.82, 2.24) is 25.3 Å². The first-order valence-corrected chi connectivity index (χ1v) is 10.6. The number of nitrogens with one attached hydrogen (secondary N) is 2. The Kier molecular flexibility index (Phi) is 5.90. The molecule has 0 aromatic carbocycles. The summed E-state index contributed by atoms with van der Waals surface area (Å²) in [5, 5.41) is 14.7. The van der Waals surface area contributed by atoms with Crippen molar-refractivity contribution >= 4 is 11.9 Å². The molecule has 1 spiro atoms. The van der Waals surface area contributed by atoms with Crippen LogP contribution in [0.4, 0.5) is 0 Å². The third-order valence-corrected chi connectivity index (χ3v) is 6.06. The van der Waals surface area contributed by atoms with Gasteiger partial charge in [0.05, 0.1) is 35.6 Å². The fourth-order valence-corrected chi connectivity index (χ4v) is 4.37. The molecule has 9 heteroatoms. The fourth-order valence-electron chi connectivity index (χ4n) is 4.37. The molecule has 0 bridgehead atoms. The molecular weight excluding hydrogens is 386 g/mol. The van der Waals surface area contributed by atoms with Crippen LogP contribution < -0.4 is 5.32 Å². The van der Waals surface area contributed by atoms with Gasteiger partial charge in [-0.25, -0.2) is 0 Å². The molecule has 2 aromatic rings. The number of esters is 1. The predicted molar refractivity (Wildman–Crippen MR) is 108 cm³/mol. The van der Waals surface area contributed by atoms with Gasteiger partial charge in [-0.05, 0) is 44.1 Å². The van der Waals surface area contributed by atoms with Gasteiger partial charge in [0.25, 0.3) is 5.91 Å². The van der Waals surface area contributed by atoms with E-state index in [-0.39, 0.29) is 30.3 Å². The topological polar surface area (TPSA) is 111 Å². The lowest BCUT2D eigenvalue weighted by Crippen LogP contribution is -2.40. The van der Waals surface area contributed by atoms with Crippen LogP contribution in [0.3, 0.4) is 0 Å². The van der Waals surface area contributed by atoms with Crippen LogP contribution in [0, 0.1) is 12.3 Å². The number of aromatic nitrogens is 4. The molecule has 9 nitrogen and oxygen atoms in total. The van der Waals surface area contributed by atoms with E-state index in [4.69, 9.17) is 9.47 Å². The zero-order valence-corrected chi connectivity index (χ0v) is 17.6. The molecule has 1 amide bonds. The molecule has 4 heterocycles. The third-order valence-electron chi connectivity index (χ3n) is 6.06. The number of nitrogens with zero attached hydrogens (tertiary/aromatic N) is 3. The molecule has 0 aliphatic carbocycles. The Morgan fingerprint density at radius 3 is 2.87 bits per heavy atom. The van der Waals surface area contributed by atoms with Crippen LogP contribution in [-0.4, -0.2) is 58.2 Å². The van der Waals surface area contributed by atoms with Crippen LogP contribution in [0.2, 0.25) is 0 Å². The first kappa shape index (κ1) is 20.6. The summed E-state index contributed by atoms with van der Waals surface area (Å²) in [5.41, 5.74) is 4.00. The summed E-state index contributed by atoms with van der Waals surface area (Å²) in [5.74, 6) is -0.378. The number of ether oxygens (including phenoxy) is 2. The van der Waals surface area contributed by atoms with E-state index < -0.39 is 0 Å². The van der Waals surface area contributed by atoms with Crippen molar-refractivity contribution < 1.29 is 19.1 Å². The minimum absolute atomic E-state index is 0.00353. The molecule has 0 atom stereocenters. The highest BCUT2D eigenvalue weighted by Crippen LogP contribution is 2.37. The summed E-state index contributed by atoms with van der Waals surface area (Å²) >= 11 is 0. The second-order valence-electron chi connectivity index (χ2n) is 8.26. The first-order valence-electron chi connectivity index (χ1n) is 10.6. The molecule has 4 rings (SSSR count). The lowest BCUT2D eigenvalue weighted by atomic mass is 9.76. The normalized spacial score (nSPS) is 18.0. The van der Waals surface area contributed by atoms with Crippen LogP contribution in [0.15, 0.2) is 6.07 Å². The zero-order chi connectivity index (χ0) is 21.1. The minimum Gasteiger partial charge on any atom is -0.463 e. The largest absolute Gasteiger partial charge is 0.463 e. The second-order valence-corrected chi connectivity index (χ2v) is 8.26. The van der Waals surface area contributed by atoms with Crippen molar-refractivity contribution in [3.05, 3.63) is 34.4 Å². The van der Waals surface area contributed by atoms with Gasteiger partial charge in [-0.15, -0.1) is 0 Å². The van der Waals surface area contributed by atoms with Gasteiger partial charge >= 0.3 is 5.97 Å². The Hall–Kier alpha value is -2.68. The third kappa shape index (κ3) is 4.26. The number of aromatic amines is 1. The van der Waals surface area contributed by atoms with Gasteiger partial charge in [-0.3, -0.25) is 19.4 Å². The Balaban J connectivity index is 1.47. The number of carbonyl (C=O) groups is 2. The number of H-pyrrole nitrogens is 1. The van der Waals surface area contributed by atoms with Gasteiger partial charge in [0, 0.05) is 25.5 Å². The number of amides is 1. The lowest BCUT2D eigenvalue weighted by molar-refractivity contribution is -0.143.